The lowest BCUT2D eigenvalue weighted by Crippen LogP contribution is -2.33. The molecule has 0 fully saturated rings. The van der Waals surface area contributed by atoms with Crippen LogP contribution in [0.2, 0.25) is 0 Å². The Morgan fingerprint density at radius 2 is 2.00 bits per heavy atom. The zero-order chi connectivity index (χ0) is 20.4. The minimum atomic E-state index is -0.108. The molecule has 0 aliphatic heterocycles. The Hall–Kier alpha value is -2.06. The number of hydrogen-bond acceptors (Lipinski definition) is 6. The molecule has 0 spiro atoms. The lowest BCUT2D eigenvalue weighted by Gasteiger charge is -2.20. The van der Waals surface area contributed by atoms with Crippen molar-refractivity contribution in [3.05, 3.63) is 35.3 Å². The maximum absolute atomic E-state index is 12.4. The highest BCUT2D eigenvalue weighted by atomic mass is 32.2. The SMILES string of the molecule is CCCN(CCC)C(=O)Cc1csc(SCC(=O)Nc2cccc(OC)c2)n1. The summed E-state index contributed by atoms with van der Waals surface area (Å²) in [5.74, 6) is 0.958. The van der Waals surface area contributed by atoms with E-state index in [1.54, 1.807) is 13.2 Å². The molecule has 1 heterocycles. The van der Waals surface area contributed by atoms with Crippen molar-refractivity contribution in [3.8, 4) is 5.75 Å². The summed E-state index contributed by atoms with van der Waals surface area (Å²) in [7, 11) is 1.59. The van der Waals surface area contributed by atoms with E-state index in [1.165, 1.54) is 23.1 Å². The first-order valence-corrected chi connectivity index (χ1v) is 11.2. The number of amides is 2. The number of ether oxygens (including phenoxy) is 1. The van der Waals surface area contributed by atoms with Gasteiger partial charge in [0.25, 0.3) is 0 Å². The highest BCUT2D eigenvalue weighted by molar-refractivity contribution is 8.01. The molecule has 0 radical (unpaired) electrons. The third kappa shape index (κ3) is 7.16. The molecule has 0 bridgehead atoms. The second-order valence-corrected chi connectivity index (χ2v) is 8.31. The molecule has 0 saturated heterocycles. The molecule has 2 rings (SSSR count). The molecule has 6 nitrogen and oxygen atoms in total. The molecule has 152 valence electrons. The van der Waals surface area contributed by atoms with E-state index in [1.807, 2.05) is 28.5 Å². The van der Waals surface area contributed by atoms with E-state index in [4.69, 9.17) is 4.74 Å². The van der Waals surface area contributed by atoms with Crippen molar-refractivity contribution >= 4 is 40.6 Å². The summed E-state index contributed by atoms with van der Waals surface area (Å²) in [4.78, 5) is 31.0. The Labute approximate surface area is 174 Å². The van der Waals surface area contributed by atoms with Gasteiger partial charge in [0.15, 0.2) is 4.34 Å². The number of carbonyl (C=O) groups is 2. The molecule has 1 N–H and O–H groups in total. The predicted molar refractivity (Wildman–Crippen MR) is 115 cm³/mol. The summed E-state index contributed by atoms with van der Waals surface area (Å²) in [6.07, 6.45) is 2.21. The molecule has 1 aromatic heterocycles. The number of methoxy groups -OCH3 is 1. The number of thiazole rings is 1. The van der Waals surface area contributed by atoms with Gasteiger partial charge in [-0.3, -0.25) is 9.59 Å². The highest BCUT2D eigenvalue weighted by Crippen LogP contribution is 2.24. The fourth-order valence-corrected chi connectivity index (χ4v) is 4.27. The van der Waals surface area contributed by atoms with Crippen LogP contribution < -0.4 is 10.1 Å². The number of rotatable bonds is 11. The molecule has 28 heavy (non-hydrogen) atoms. The number of aromatic nitrogens is 1. The zero-order valence-corrected chi connectivity index (χ0v) is 18.2. The maximum Gasteiger partial charge on any atom is 0.234 e. The molecule has 0 aliphatic rings. The standard InChI is InChI=1S/C20H27N3O3S2/c1-4-9-23(10-5-2)19(25)12-16-13-27-20(22-16)28-14-18(24)21-15-7-6-8-17(11-15)26-3/h6-8,11,13H,4-5,9-10,12,14H2,1-3H3,(H,21,24). The third-order valence-electron chi connectivity index (χ3n) is 3.88. The first-order chi connectivity index (χ1) is 13.5. The summed E-state index contributed by atoms with van der Waals surface area (Å²) in [6.45, 7) is 5.71. The number of thioether (sulfide) groups is 1. The van der Waals surface area contributed by atoms with Crippen LogP contribution in [0, 0.1) is 0 Å². The molecule has 0 atom stereocenters. The number of nitrogens with zero attached hydrogens (tertiary/aromatic N) is 2. The van der Waals surface area contributed by atoms with Crippen LogP contribution in [-0.4, -0.2) is 47.7 Å². The fourth-order valence-electron chi connectivity index (χ4n) is 2.63. The van der Waals surface area contributed by atoms with Gasteiger partial charge in [-0.15, -0.1) is 11.3 Å². The van der Waals surface area contributed by atoms with Gasteiger partial charge < -0.3 is 15.0 Å². The lowest BCUT2D eigenvalue weighted by atomic mass is 10.2. The molecular weight excluding hydrogens is 394 g/mol. The van der Waals surface area contributed by atoms with Gasteiger partial charge in [-0.1, -0.05) is 31.7 Å². The monoisotopic (exact) mass is 421 g/mol. The summed E-state index contributed by atoms with van der Waals surface area (Å²) < 4.78 is 5.94. The van der Waals surface area contributed by atoms with E-state index in [0.29, 0.717) is 17.9 Å². The number of benzene rings is 1. The van der Waals surface area contributed by atoms with Gasteiger partial charge in [-0.2, -0.15) is 0 Å². The van der Waals surface area contributed by atoms with E-state index < -0.39 is 0 Å². The lowest BCUT2D eigenvalue weighted by molar-refractivity contribution is -0.130. The minimum Gasteiger partial charge on any atom is -0.497 e. The number of anilines is 1. The van der Waals surface area contributed by atoms with Crippen LogP contribution in [-0.2, 0) is 16.0 Å². The molecule has 0 aliphatic carbocycles. The van der Waals surface area contributed by atoms with Crippen LogP contribution in [0.1, 0.15) is 32.4 Å². The minimum absolute atomic E-state index is 0.108. The number of carbonyl (C=O) groups excluding carboxylic acids is 2. The van der Waals surface area contributed by atoms with Crippen LogP contribution in [0.4, 0.5) is 5.69 Å². The second kappa shape index (κ2) is 11.7. The van der Waals surface area contributed by atoms with Crippen molar-refractivity contribution < 1.29 is 14.3 Å². The first kappa shape index (κ1) is 22.2. The molecule has 1 aromatic carbocycles. The molecule has 0 saturated carbocycles. The van der Waals surface area contributed by atoms with E-state index >= 15 is 0 Å². The summed E-state index contributed by atoms with van der Waals surface area (Å²) in [5, 5.41) is 4.74. The molecule has 8 heteroatoms. The van der Waals surface area contributed by atoms with Gasteiger partial charge in [0.2, 0.25) is 11.8 Å². The van der Waals surface area contributed by atoms with Crippen LogP contribution in [0.15, 0.2) is 34.0 Å². The van der Waals surface area contributed by atoms with Crippen LogP contribution in [0.25, 0.3) is 0 Å². The fraction of sp³-hybridized carbons (Fsp3) is 0.450. The van der Waals surface area contributed by atoms with Gasteiger partial charge in [0, 0.05) is 30.2 Å². The topological polar surface area (TPSA) is 71.5 Å². The normalized spacial score (nSPS) is 10.5. The summed E-state index contributed by atoms with van der Waals surface area (Å²) >= 11 is 2.84. The van der Waals surface area contributed by atoms with Crippen molar-refractivity contribution in [1.29, 1.82) is 0 Å². The molecule has 2 aromatic rings. The first-order valence-electron chi connectivity index (χ1n) is 9.34. The van der Waals surface area contributed by atoms with Crippen molar-refractivity contribution in [2.75, 3.05) is 31.3 Å². The van der Waals surface area contributed by atoms with E-state index in [2.05, 4.69) is 24.1 Å². The smallest absolute Gasteiger partial charge is 0.234 e. The van der Waals surface area contributed by atoms with Gasteiger partial charge in [-0.05, 0) is 25.0 Å². The van der Waals surface area contributed by atoms with Crippen molar-refractivity contribution in [3.63, 3.8) is 0 Å². The summed E-state index contributed by atoms with van der Waals surface area (Å²) in [5.41, 5.74) is 1.46. The van der Waals surface area contributed by atoms with Gasteiger partial charge in [0.1, 0.15) is 5.75 Å². The van der Waals surface area contributed by atoms with Crippen molar-refractivity contribution in [2.24, 2.45) is 0 Å². The largest absolute Gasteiger partial charge is 0.497 e. The van der Waals surface area contributed by atoms with Crippen molar-refractivity contribution in [2.45, 2.75) is 37.4 Å². The number of hydrogen-bond donors (Lipinski definition) is 1. The predicted octanol–water partition coefficient (Wildman–Crippen LogP) is 4.07. The van der Waals surface area contributed by atoms with Gasteiger partial charge >= 0.3 is 0 Å². The maximum atomic E-state index is 12.4. The van der Waals surface area contributed by atoms with E-state index in [9.17, 15) is 9.59 Å². The molecule has 2 amide bonds. The third-order valence-corrected chi connectivity index (χ3v) is 5.95. The summed E-state index contributed by atoms with van der Waals surface area (Å²) in [6, 6.07) is 7.24. The Bertz CT molecular complexity index is 774. The Morgan fingerprint density at radius 3 is 2.68 bits per heavy atom. The Kier molecular flexibility index (Phi) is 9.30. The Balaban J connectivity index is 1.83. The van der Waals surface area contributed by atoms with Gasteiger partial charge in [-0.25, -0.2) is 4.98 Å². The van der Waals surface area contributed by atoms with Crippen LogP contribution in [0.5, 0.6) is 5.75 Å². The molecule has 0 unspecified atom stereocenters. The quantitative estimate of drug-likeness (QED) is 0.554. The van der Waals surface area contributed by atoms with Crippen LogP contribution in [0.3, 0.4) is 0 Å². The average molecular weight is 422 g/mol. The second-order valence-electron chi connectivity index (χ2n) is 6.23. The average Bonchev–Trinajstić information content (AvgIpc) is 3.13. The van der Waals surface area contributed by atoms with Crippen molar-refractivity contribution in [1.82, 2.24) is 9.88 Å². The van der Waals surface area contributed by atoms with Crippen LogP contribution >= 0.6 is 23.1 Å². The van der Waals surface area contributed by atoms with E-state index in [0.717, 1.165) is 36.0 Å². The van der Waals surface area contributed by atoms with Gasteiger partial charge in [0.05, 0.1) is 25.0 Å². The molecular formula is C20H27N3O3S2. The number of nitrogens with one attached hydrogen (secondary N) is 1. The zero-order valence-electron chi connectivity index (χ0n) is 16.6. The van der Waals surface area contributed by atoms with E-state index in [-0.39, 0.29) is 17.6 Å². The Morgan fingerprint density at radius 1 is 1.25 bits per heavy atom. The highest BCUT2D eigenvalue weighted by Gasteiger charge is 2.15.